The van der Waals surface area contributed by atoms with E-state index in [-0.39, 0.29) is 12.3 Å². The summed E-state index contributed by atoms with van der Waals surface area (Å²) in [6.45, 7) is 2.16. The minimum Gasteiger partial charge on any atom is -0.477 e. The summed E-state index contributed by atoms with van der Waals surface area (Å²) in [5, 5.41) is 136. The fourth-order valence-corrected chi connectivity index (χ4v) is 12.4. The highest BCUT2D eigenvalue weighted by Gasteiger charge is 2.60. The van der Waals surface area contributed by atoms with Crippen molar-refractivity contribution in [1.82, 2.24) is 10.6 Å². The molecule has 3 aliphatic rings. The van der Waals surface area contributed by atoms with Gasteiger partial charge in [0.1, 0.15) is 67.1 Å². The number of amides is 2. The van der Waals surface area contributed by atoms with Gasteiger partial charge >= 0.3 is 5.97 Å². The predicted octanol–water partition coefficient (Wildman–Crippen LogP) is 6.29. The highest BCUT2D eigenvalue weighted by Crippen LogP contribution is 2.39. The average Bonchev–Trinajstić information content (AvgIpc) is 0.765. The van der Waals surface area contributed by atoms with Crippen LogP contribution in [0.25, 0.3) is 0 Å². The maximum absolute atomic E-state index is 13.5. The van der Waals surface area contributed by atoms with Crippen LogP contribution in [-0.4, -0.2) is 215 Å². The van der Waals surface area contributed by atoms with Crippen molar-refractivity contribution < 1.29 is 104 Å². The summed E-state index contributed by atoms with van der Waals surface area (Å²) >= 11 is 0. The van der Waals surface area contributed by atoms with Gasteiger partial charge in [0.25, 0.3) is 5.79 Å². The van der Waals surface area contributed by atoms with E-state index in [2.05, 4.69) is 24.5 Å². The molecule has 3 fully saturated rings. The van der Waals surface area contributed by atoms with E-state index in [1.54, 1.807) is 6.08 Å². The first-order valence-electron chi connectivity index (χ1n) is 35.1. The zero-order valence-electron chi connectivity index (χ0n) is 55.0. The number of ether oxygens (including phenoxy) is 6. The van der Waals surface area contributed by atoms with Crippen LogP contribution in [0, 0.1) is 0 Å². The maximum atomic E-state index is 13.5. The van der Waals surface area contributed by atoms with Crippen LogP contribution in [0.4, 0.5) is 0 Å². The second-order valence-electron chi connectivity index (χ2n) is 25.8. The number of unbranched alkanes of at least 4 members (excludes halogenated alkanes) is 33. The van der Waals surface area contributed by atoms with Crippen LogP contribution in [0.15, 0.2) is 12.2 Å². The van der Waals surface area contributed by atoms with Crippen molar-refractivity contribution >= 4 is 17.8 Å². The third-order valence-electron chi connectivity index (χ3n) is 18.0. The summed E-state index contributed by atoms with van der Waals surface area (Å²) in [7, 11) is 0. The van der Waals surface area contributed by atoms with E-state index >= 15 is 0 Å². The second kappa shape index (κ2) is 48.2. The molecular weight excluding hydrogens is 1170 g/mol. The number of allylic oxidation sites excluding steroid dienone is 1. The lowest BCUT2D eigenvalue weighted by Crippen LogP contribution is -2.70. The molecule has 0 bridgehead atoms. The third kappa shape index (κ3) is 30.5. The number of carbonyl (C=O) groups excluding carboxylic acids is 2. The van der Waals surface area contributed by atoms with Gasteiger partial charge in [-0.05, 0) is 19.3 Å². The molecule has 18 unspecified atom stereocenters. The molecule has 528 valence electrons. The van der Waals surface area contributed by atoms with Crippen LogP contribution in [0.5, 0.6) is 0 Å². The van der Waals surface area contributed by atoms with Crippen LogP contribution < -0.4 is 10.6 Å². The largest absolute Gasteiger partial charge is 0.477 e. The lowest BCUT2D eigenvalue weighted by Gasteiger charge is -2.50. The van der Waals surface area contributed by atoms with Crippen molar-refractivity contribution in [2.45, 2.75) is 368 Å². The molecule has 3 aliphatic heterocycles. The lowest BCUT2D eigenvalue weighted by molar-refractivity contribution is -0.386. The summed E-state index contributed by atoms with van der Waals surface area (Å²) in [5.41, 5.74) is 0. The van der Waals surface area contributed by atoms with E-state index in [0.29, 0.717) is 12.8 Å². The summed E-state index contributed by atoms with van der Waals surface area (Å²) < 4.78 is 34.8. The van der Waals surface area contributed by atoms with Gasteiger partial charge in [-0.15, -0.1) is 0 Å². The number of carboxylic acid groups (broad SMARTS) is 1. The molecule has 2 amide bonds. The quantitative estimate of drug-likeness (QED) is 0.0235. The average molecular weight is 1290 g/mol. The van der Waals surface area contributed by atoms with Gasteiger partial charge in [0.15, 0.2) is 12.6 Å². The van der Waals surface area contributed by atoms with Gasteiger partial charge < -0.3 is 100 Å². The predicted molar refractivity (Wildman–Crippen MR) is 338 cm³/mol. The zero-order valence-corrected chi connectivity index (χ0v) is 55.0. The fourth-order valence-electron chi connectivity index (χ4n) is 12.4. The minimum atomic E-state index is -3.08. The Bertz CT molecular complexity index is 1870. The third-order valence-corrected chi connectivity index (χ3v) is 18.0. The molecule has 23 heteroatoms. The number of rotatable bonds is 53. The van der Waals surface area contributed by atoms with Crippen LogP contribution in [0.2, 0.25) is 0 Å². The van der Waals surface area contributed by atoms with Gasteiger partial charge in [-0.3, -0.25) is 9.59 Å². The molecule has 3 saturated heterocycles. The van der Waals surface area contributed by atoms with Gasteiger partial charge in [0.05, 0.1) is 50.7 Å². The fraction of sp³-hybridized carbons (Fsp3) is 0.925. The first kappa shape index (κ1) is 81.7. The Hall–Kier alpha value is -2.53. The van der Waals surface area contributed by atoms with Crippen molar-refractivity contribution in [3.05, 3.63) is 12.2 Å². The normalized spacial score (nSPS) is 28.6. The first-order chi connectivity index (χ1) is 43.4. The molecule has 14 N–H and O–H groups in total. The van der Waals surface area contributed by atoms with Gasteiger partial charge in [-0.2, -0.15) is 0 Å². The number of nitrogens with one attached hydrogen (secondary N) is 2. The van der Waals surface area contributed by atoms with Crippen LogP contribution in [0.3, 0.4) is 0 Å². The highest BCUT2D eigenvalue weighted by molar-refractivity contribution is 5.77. The second-order valence-corrected chi connectivity index (χ2v) is 25.8. The number of aliphatic hydroxyl groups is 11. The van der Waals surface area contributed by atoms with E-state index in [1.165, 1.54) is 167 Å². The Labute approximate surface area is 537 Å². The molecule has 18 atom stereocenters. The SMILES string of the molecule is CCCCCCCCCCCCCCCCCCC/C=C/C(O)C(COC1OC(CO)C(OC2OC(CO)C(O)C(OC3(C(=O)O)CC(O)C(NC(C)=O)C(C(O)C(O)CO)O3)C2O)C(O)C1O)NC(=O)CCCCCCCCCCCCCCCCCCC. The lowest BCUT2D eigenvalue weighted by atomic mass is 9.88. The molecule has 0 aromatic rings. The Morgan fingerprint density at radius 2 is 1.03 bits per heavy atom. The molecular formula is C67H124N2O21. The Balaban J connectivity index is 1.61. The summed E-state index contributed by atoms with van der Waals surface area (Å²) in [5.74, 6) is -6.13. The topological polar surface area (TPSA) is 373 Å². The van der Waals surface area contributed by atoms with E-state index in [9.17, 15) is 75.7 Å². The summed E-state index contributed by atoms with van der Waals surface area (Å²) in [4.78, 5) is 38.5. The molecule has 3 heterocycles. The van der Waals surface area contributed by atoms with Crippen LogP contribution in [-0.2, 0) is 42.8 Å². The monoisotopic (exact) mass is 1290 g/mol. The van der Waals surface area contributed by atoms with Gasteiger partial charge in [0, 0.05) is 19.8 Å². The molecule has 0 spiro atoms. The van der Waals surface area contributed by atoms with Gasteiger partial charge in [-0.1, -0.05) is 231 Å². The molecule has 0 aliphatic carbocycles. The number of carbonyl (C=O) groups is 3. The molecule has 90 heavy (non-hydrogen) atoms. The van der Waals surface area contributed by atoms with Crippen molar-refractivity contribution in [2.24, 2.45) is 0 Å². The van der Waals surface area contributed by atoms with Crippen molar-refractivity contribution in [3.63, 3.8) is 0 Å². The van der Waals surface area contributed by atoms with E-state index in [0.717, 1.165) is 51.9 Å². The minimum absolute atomic E-state index is 0.205. The molecule has 3 rings (SSSR count). The van der Waals surface area contributed by atoms with E-state index in [1.807, 2.05) is 6.08 Å². The Kier molecular flexibility index (Phi) is 43.8. The molecule has 23 nitrogen and oxygen atoms in total. The first-order valence-corrected chi connectivity index (χ1v) is 35.1. The summed E-state index contributed by atoms with van der Waals surface area (Å²) in [6.07, 6.45) is 16.8. The van der Waals surface area contributed by atoms with Crippen LogP contribution in [0.1, 0.15) is 258 Å². The smallest absolute Gasteiger partial charge is 0.364 e. The number of hydrogen-bond donors (Lipinski definition) is 14. The standard InChI is InChI=1S/C67H124N2O21/c1-4-6-8-10-12-14-16-18-20-22-23-25-26-28-30-32-34-36-38-40-49(74)48(69-54(77)41-39-37-35-33-31-29-27-24-21-19-17-15-13-11-9-7-5-2)46-85-64-59(81)58(80)61(53(45-72)87-64)88-65-60(82)63(57(79)52(44-71)86-65)90-67(66(83)84)42-50(75)55(68-47(3)73)62(89-67)56(78)51(76)43-70/h38,40,48-53,55-65,70-72,74-76,78-82H,4-37,39,41-46H2,1-3H3,(H,68,73)(H,69,77)(H,83,84)/b40-38+. The van der Waals surface area contributed by atoms with Crippen molar-refractivity contribution in [3.8, 4) is 0 Å². The molecule has 0 saturated carbocycles. The Morgan fingerprint density at radius 3 is 1.48 bits per heavy atom. The number of aliphatic carboxylic acids is 1. The highest BCUT2D eigenvalue weighted by atomic mass is 16.8. The van der Waals surface area contributed by atoms with Crippen molar-refractivity contribution in [1.29, 1.82) is 0 Å². The van der Waals surface area contributed by atoms with Gasteiger partial charge in [-0.25, -0.2) is 4.79 Å². The zero-order chi connectivity index (χ0) is 66.1. The maximum Gasteiger partial charge on any atom is 0.364 e. The van der Waals surface area contributed by atoms with Gasteiger partial charge in [0.2, 0.25) is 11.8 Å². The van der Waals surface area contributed by atoms with E-state index < -0.39 is 155 Å². The number of carboxylic acids is 1. The molecule has 0 aromatic heterocycles. The molecule has 0 aromatic carbocycles. The summed E-state index contributed by atoms with van der Waals surface area (Å²) in [6, 6.07) is -2.61. The van der Waals surface area contributed by atoms with Crippen molar-refractivity contribution in [2.75, 3.05) is 26.4 Å². The number of aliphatic hydroxyl groups excluding tert-OH is 11. The van der Waals surface area contributed by atoms with E-state index in [4.69, 9.17) is 28.4 Å². The van der Waals surface area contributed by atoms with Crippen LogP contribution >= 0.6 is 0 Å². The Morgan fingerprint density at radius 1 is 0.578 bits per heavy atom. The molecule has 0 radical (unpaired) electrons. The number of hydrogen-bond acceptors (Lipinski definition) is 20.